The van der Waals surface area contributed by atoms with Crippen LogP contribution in [0.1, 0.15) is 19.8 Å². The van der Waals surface area contributed by atoms with Gasteiger partial charge in [0.2, 0.25) is 11.6 Å². The van der Waals surface area contributed by atoms with E-state index >= 15 is 0 Å². The average Bonchev–Trinajstić information content (AvgIpc) is 2.81. The Bertz CT molecular complexity index is 489. The lowest BCUT2D eigenvalue weighted by molar-refractivity contribution is -0.153. The van der Waals surface area contributed by atoms with E-state index in [2.05, 4.69) is 10.2 Å². The third kappa shape index (κ3) is 1.78. The maximum Gasteiger partial charge on any atom is 0.342 e. The van der Waals surface area contributed by atoms with E-state index in [9.17, 15) is 23.9 Å². The van der Waals surface area contributed by atoms with Gasteiger partial charge >= 0.3 is 11.9 Å². The molecule has 2 aliphatic rings. The van der Waals surface area contributed by atoms with Crippen molar-refractivity contribution >= 4 is 29.6 Å². The van der Waals surface area contributed by atoms with Crippen LogP contribution in [0.25, 0.3) is 0 Å². The lowest BCUT2D eigenvalue weighted by atomic mass is 9.89. The number of fused-ring (bicyclic) bond motifs is 1. The number of aliphatic carboxylic acids is 2. The Morgan fingerprint density at radius 2 is 1.95 bits per heavy atom. The summed E-state index contributed by atoms with van der Waals surface area (Å²) in [5.41, 5.74) is -4.47. The number of carboxylic acid groups (broad SMARTS) is 2. The molecule has 0 radical (unpaired) electrons. The summed E-state index contributed by atoms with van der Waals surface area (Å²) >= 11 is 5.28. The summed E-state index contributed by atoms with van der Waals surface area (Å²) in [4.78, 5) is 36.4. The molecule has 0 aromatic rings. The van der Waals surface area contributed by atoms with E-state index in [-0.39, 0.29) is 12.8 Å². The Kier molecular flexibility index (Phi) is 3.42. The molecule has 2 fully saturated rings. The Morgan fingerprint density at radius 3 is 2.35 bits per heavy atom. The van der Waals surface area contributed by atoms with E-state index in [1.165, 1.54) is 6.92 Å². The van der Waals surface area contributed by atoms with Crippen molar-refractivity contribution in [3.63, 3.8) is 0 Å². The molecular weight excluding hydrogens is 295 g/mol. The first-order valence-electron chi connectivity index (χ1n) is 6.05. The molecule has 0 spiro atoms. The SMILES string of the molecule is C[C@@H](NCl)C(=O)N[C@@]1(C(=O)O)CC[C@@H]2[C@H]1[C@@]2(F)C(=O)O. The zero-order chi connectivity index (χ0) is 15.3. The van der Waals surface area contributed by atoms with Crippen molar-refractivity contribution in [3.8, 4) is 0 Å². The molecule has 5 atom stereocenters. The second-order valence-electron chi connectivity index (χ2n) is 5.29. The predicted octanol–water partition coefficient (Wildman–Crippen LogP) is -0.109. The Morgan fingerprint density at radius 1 is 1.35 bits per heavy atom. The molecule has 0 bridgehead atoms. The Labute approximate surface area is 118 Å². The monoisotopic (exact) mass is 308 g/mol. The summed E-state index contributed by atoms with van der Waals surface area (Å²) in [5.74, 6) is -5.97. The number of carbonyl (C=O) groups excluding carboxylic acids is 1. The molecule has 112 valence electrons. The van der Waals surface area contributed by atoms with E-state index in [0.29, 0.717) is 0 Å². The minimum absolute atomic E-state index is 0.00262. The topological polar surface area (TPSA) is 116 Å². The van der Waals surface area contributed by atoms with Crippen LogP contribution in [-0.2, 0) is 14.4 Å². The van der Waals surface area contributed by atoms with Crippen LogP contribution in [-0.4, -0.2) is 45.3 Å². The molecule has 1 amide bonds. The van der Waals surface area contributed by atoms with Gasteiger partial charge in [-0.1, -0.05) is 0 Å². The highest BCUT2D eigenvalue weighted by Gasteiger charge is 2.83. The van der Waals surface area contributed by atoms with Gasteiger partial charge in [0, 0.05) is 11.8 Å². The van der Waals surface area contributed by atoms with Gasteiger partial charge in [0.05, 0.1) is 6.04 Å². The molecular formula is C11H14ClFN2O5. The van der Waals surface area contributed by atoms with Crippen LogP contribution in [0.15, 0.2) is 0 Å². The molecule has 0 aromatic carbocycles. The van der Waals surface area contributed by atoms with Crippen molar-refractivity contribution in [3.05, 3.63) is 0 Å². The second kappa shape index (κ2) is 4.56. The lowest BCUT2D eigenvalue weighted by Gasteiger charge is -2.30. The molecule has 0 heterocycles. The molecule has 20 heavy (non-hydrogen) atoms. The standard InChI is InChI=1S/C11H14ClFN2O5/c1-4(15-12)7(16)14-10(8(17)18)3-2-5-6(10)11(5,13)9(19)20/h4-6,15H,2-3H2,1H3,(H,14,16)(H,17,18)(H,19,20)/t4-,5-,6-,10+,11-/m1/s1. The van der Waals surface area contributed by atoms with Crippen LogP contribution >= 0.6 is 11.8 Å². The molecule has 0 unspecified atom stereocenters. The van der Waals surface area contributed by atoms with Crippen molar-refractivity contribution in [1.29, 1.82) is 0 Å². The lowest BCUT2D eigenvalue weighted by Crippen LogP contribution is -2.60. The summed E-state index contributed by atoms with van der Waals surface area (Å²) < 4.78 is 14.3. The molecule has 0 saturated heterocycles. The zero-order valence-corrected chi connectivity index (χ0v) is 11.3. The number of hydrogen-bond donors (Lipinski definition) is 4. The number of alkyl halides is 1. The summed E-state index contributed by atoms with van der Waals surface area (Å²) in [6.07, 6.45) is 0.0973. The van der Waals surface area contributed by atoms with Gasteiger partial charge in [-0.3, -0.25) is 4.79 Å². The number of hydrogen-bond acceptors (Lipinski definition) is 4. The minimum Gasteiger partial charge on any atom is -0.479 e. The van der Waals surface area contributed by atoms with Gasteiger partial charge in [0.15, 0.2) is 0 Å². The van der Waals surface area contributed by atoms with Crippen LogP contribution in [0, 0.1) is 11.8 Å². The van der Waals surface area contributed by atoms with Gasteiger partial charge in [-0.2, -0.15) is 0 Å². The van der Waals surface area contributed by atoms with Gasteiger partial charge in [-0.15, -0.1) is 0 Å². The molecule has 2 rings (SSSR count). The van der Waals surface area contributed by atoms with Crippen molar-refractivity contribution < 1.29 is 29.0 Å². The number of carbonyl (C=O) groups is 3. The van der Waals surface area contributed by atoms with Gasteiger partial charge in [0.1, 0.15) is 5.54 Å². The molecule has 9 heteroatoms. The van der Waals surface area contributed by atoms with Crippen molar-refractivity contribution in [2.24, 2.45) is 11.8 Å². The molecule has 2 aliphatic carbocycles. The largest absolute Gasteiger partial charge is 0.479 e. The van der Waals surface area contributed by atoms with E-state index in [1.54, 1.807) is 0 Å². The van der Waals surface area contributed by atoms with Crippen LogP contribution in [0.2, 0.25) is 0 Å². The molecule has 2 saturated carbocycles. The van der Waals surface area contributed by atoms with Crippen LogP contribution < -0.4 is 10.2 Å². The summed E-state index contributed by atoms with van der Waals surface area (Å²) in [6.45, 7) is 1.40. The smallest absolute Gasteiger partial charge is 0.342 e. The molecule has 4 N–H and O–H groups in total. The summed E-state index contributed by atoms with van der Waals surface area (Å²) in [6, 6.07) is -0.885. The Balaban J connectivity index is 2.27. The highest BCUT2D eigenvalue weighted by atomic mass is 35.5. The fourth-order valence-corrected chi connectivity index (χ4v) is 3.24. The fraction of sp³-hybridized carbons (Fsp3) is 0.727. The van der Waals surface area contributed by atoms with Gasteiger partial charge < -0.3 is 15.5 Å². The maximum absolute atomic E-state index is 14.3. The third-order valence-electron chi connectivity index (χ3n) is 4.28. The van der Waals surface area contributed by atoms with Gasteiger partial charge in [-0.25, -0.2) is 18.8 Å². The quantitative estimate of drug-likeness (QED) is 0.527. The predicted molar refractivity (Wildman–Crippen MR) is 64.6 cm³/mol. The number of halogens is 2. The van der Waals surface area contributed by atoms with Crippen molar-refractivity contribution in [2.45, 2.75) is 37.0 Å². The first-order chi connectivity index (χ1) is 9.21. The van der Waals surface area contributed by atoms with Gasteiger partial charge in [0.25, 0.3) is 0 Å². The fourth-order valence-electron chi connectivity index (χ4n) is 3.15. The number of amides is 1. The Hall–Kier alpha value is -1.41. The number of rotatable bonds is 5. The molecule has 0 aliphatic heterocycles. The van der Waals surface area contributed by atoms with Crippen LogP contribution in [0.5, 0.6) is 0 Å². The minimum atomic E-state index is -2.58. The van der Waals surface area contributed by atoms with Crippen molar-refractivity contribution in [2.75, 3.05) is 0 Å². The van der Waals surface area contributed by atoms with Crippen LogP contribution in [0.4, 0.5) is 4.39 Å². The van der Waals surface area contributed by atoms with Crippen LogP contribution in [0.3, 0.4) is 0 Å². The summed E-state index contributed by atoms with van der Waals surface area (Å²) in [5, 5.41) is 20.5. The highest BCUT2D eigenvalue weighted by molar-refractivity contribution is 6.15. The third-order valence-corrected chi connectivity index (χ3v) is 4.61. The van der Waals surface area contributed by atoms with Gasteiger partial charge in [-0.05, 0) is 31.5 Å². The highest BCUT2D eigenvalue weighted by Crippen LogP contribution is 2.67. The molecule has 7 nitrogen and oxygen atoms in total. The van der Waals surface area contributed by atoms with Crippen molar-refractivity contribution in [1.82, 2.24) is 10.2 Å². The first-order valence-corrected chi connectivity index (χ1v) is 6.43. The van der Waals surface area contributed by atoms with E-state index in [0.717, 1.165) is 0 Å². The van der Waals surface area contributed by atoms with E-state index in [4.69, 9.17) is 16.9 Å². The normalized spacial score (nSPS) is 39.8. The number of nitrogens with one attached hydrogen (secondary N) is 2. The first kappa shape index (κ1) is 15.0. The van der Waals surface area contributed by atoms with E-state index < -0.39 is 46.9 Å². The average molecular weight is 309 g/mol. The maximum atomic E-state index is 14.3. The second-order valence-corrected chi connectivity index (χ2v) is 5.51. The van der Waals surface area contributed by atoms with E-state index in [1.807, 2.05) is 0 Å². The summed E-state index contributed by atoms with van der Waals surface area (Å²) in [7, 11) is 0. The zero-order valence-electron chi connectivity index (χ0n) is 10.5. The number of carboxylic acids is 2. The molecule has 0 aromatic heterocycles.